The number of rotatable bonds is 3. The van der Waals surface area contributed by atoms with E-state index in [-0.39, 0.29) is 5.75 Å². The van der Waals surface area contributed by atoms with Gasteiger partial charge >= 0.3 is 0 Å². The summed E-state index contributed by atoms with van der Waals surface area (Å²) >= 11 is 0. The molecule has 4 rings (SSSR count). The summed E-state index contributed by atoms with van der Waals surface area (Å²) in [5.74, 6) is 0.663. The highest BCUT2D eigenvalue weighted by Gasteiger charge is 2.17. The lowest BCUT2D eigenvalue weighted by molar-refractivity contribution is 0.451. The molecule has 0 atom stereocenters. The average Bonchev–Trinajstić information content (AvgIpc) is 3.03. The SMILES string of the molecule is Cc1ccc(-c2noc3ncnc(Nc4ccccc4O)c23)cc1. The lowest BCUT2D eigenvalue weighted by Crippen LogP contribution is -1.96. The van der Waals surface area contributed by atoms with Gasteiger partial charge in [-0.15, -0.1) is 0 Å². The summed E-state index contributed by atoms with van der Waals surface area (Å²) in [6, 6.07) is 14.9. The number of nitrogens with one attached hydrogen (secondary N) is 1. The van der Waals surface area contributed by atoms with Crippen molar-refractivity contribution in [3.05, 3.63) is 60.4 Å². The normalized spacial score (nSPS) is 10.9. The topological polar surface area (TPSA) is 84.1 Å². The molecule has 0 saturated heterocycles. The Hall–Kier alpha value is -3.41. The number of aryl methyl sites for hydroxylation is 1. The lowest BCUT2D eigenvalue weighted by atomic mass is 10.1. The van der Waals surface area contributed by atoms with Crippen LogP contribution in [-0.2, 0) is 0 Å². The van der Waals surface area contributed by atoms with Crippen molar-refractivity contribution in [2.75, 3.05) is 5.32 Å². The molecular formula is C18H14N4O2. The maximum absolute atomic E-state index is 9.97. The third-order valence-electron chi connectivity index (χ3n) is 3.75. The number of aromatic nitrogens is 3. The molecule has 6 nitrogen and oxygen atoms in total. The third-order valence-corrected chi connectivity index (χ3v) is 3.75. The van der Waals surface area contributed by atoms with Crippen LogP contribution >= 0.6 is 0 Å². The Morgan fingerprint density at radius 1 is 1.00 bits per heavy atom. The van der Waals surface area contributed by atoms with Gasteiger partial charge in [0.25, 0.3) is 5.71 Å². The third kappa shape index (κ3) is 2.44. The van der Waals surface area contributed by atoms with E-state index in [1.807, 2.05) is 37.3 Å². The number of anilines is 2. The van der Waals surface area contributed by atoms with Crippen molar-refractivity contribution in [1.82, 2.24) is 15.1 Å². The van der Waals surface area contributed by atoms with Gasteiger partial charge in [-0.25, -0.2) is 4.98 Å². The fraction of sp³-hybridized carbons (Fsp3) is 0.0556. The fourth-order valence-corrected chi connectivity index (χ4v) is 2.50. The number of fused-ring (bicyclic) bond motifs is 1. The number of nitrogens with zero attached hydrogens (tertiary/aromatic N) is 3. The van der Waals surface area contributed by atoms with Gasteiger partial charge < -0.3 is 14.9 Å². The van der Waals surface area contributed by atoms with Crippen LogP contribution in [0.1, 0.15) is 5.56 Å². The van der Waals surface area contributed by atoms with E-state index in [2.05, 4.69) is 20.4 Å². The Kier molecular flexibility index (Phi) is 3.35. The van der Waals surface area contributed by atoms with Gasteiger partial charge in [-0.05, 0) is 19.1 Å². The van der Waals surface area contributed by atoms with E-state index in [9.17, 15) is 5.11 Å². The van der Waals surface area contributed by atoms with Crippen LogP contribution in [0.5, 0.6) is 5.75 Å². The first kappa shape index (κ1) is 14.2. The number of para-hydroxylation sites is 2. The summed E-state index contributed by atoms with van der Waals surface area (Å²) < 4.78 is 5.34. The summed E-state index contributed by atoms with van der Waals surface area (Å²) in [4.78, 5) is 8.41. The molecule has 0 aliphatic carbocycles. The minimum atomic E-state index is 0.137. The van der Waals surface area contributed by atoms with Crippen LogP contribution < -0.4 is 5.32 Å². The Bertz CT molecular complexity index is 1010. The van der Waals surface area contributed by atoms with Gasteiger partial charge in [0.05, 0.1) is 5.69 Å². The maximum Gasteiger partial charge on any atom is 0.263 e. The van der Waals surface area contributed by atoms with E-state index in [1.54, 1.807) is 18.2 Å². The van der Waals surface area contributed by atoms with Gasteiger partial charge in [0.15, 0.2) is 0 Å². The molecule has 0 aliphatic rings. The number of phenolic OH excluding ortho intramolecular Hbond substituents is 1. The monoisotopic (exact) mass is 318 g/mol. The zero-order valence-corrected chi connectivity index (χ0v) is 12.9. The number of hydrogen-bond donors (Lipinski definition) is 2. The Morgan fingerprint density at radius 2 is 1.79 bits per heavy atom. The van der Waals surface area contributed by atoms with E-state index in [1.165, 1.54) is 6.33 Å². The second kappa shape index (κ2) is 5.66. The first-order valence-electron chi connectivity index (χ1n) is 7.45. The van der Waals surface area contributed by atoms with Crippen LogP contribution in [0, 0.1) is 6.92 Å². The molecule has 2 aromatic carbocycles. The highest BCUT2D eigenvalue weighted by atomic mass is 16.5. The zero-order valence-electron chi connectivity index (χ0n) is 12.9. The summed E-state index contributed by atoms with van der Waals surface area (Å²) in [7, 11) is 0. The standard InChI is InChI=1S/C18H14N4O2/c1-11-6-8-12(9-7-11)16-15-17(19-10-20-18(15)24-22-16)21-13-4-2-3-5-14(13)23/h2-10,23H,1H3,(H,19,20,21). The lowest BCUT2D eigenvalue weighted by Gasteiger charge is -2.08. The first-order valence-corrected chi connectivity index (χ1v) is 7.45. The van der Waals surface area contributed by atoms with Crippen LogP contribution in [-0.4, -0.2) is 20.2 Å². The van der Waals surface area contributed by atoms with E-state index in [4.69, 9.17) is 4.52 Å². The molecule has 0 radical (unpaired) electrons. The van der Waals surface area contributed by atoms with Crippen molar-refractivity contribution in [2.45, 2.75) is 6.92 Å². The number of hydrogen-bond acceptors (Lipinski definition) is 6. The fourth-order valence-electron chi connectivity index (χ4n) is 2.50. The van der Waals surface area contributed by atoms with Crippen LogP contribution in [0.15, 0.2) is 59.4 Å². The van der Waals surface area contributed by atoms with Crippen LogP contribution in [0.25, 0.3) is 22.4 Å². The molecular weight excluding hydrogens is 304 g/mol. The second-order valence-electron chi connectivity index (χ2n) is 5.44. The largest absolute Gasteiger partial charge is 0.506 e. The molecule has 0 saturated carbocycles. The zero-order chi connectivity index (χ0) is 16.5. The minimum absolute atomic E-state index is 0.137. The molecule has 2 N–H and O–H groups in total. The molecule has 6 heteroatoms. The Labute approximate surface area is 137 Å². The van der Waals surface area contributed by atoms with Crippen molar-refractivity contribution in [2.24, 2.45) is 0 Å². The predicted molar refractivity (Wildman–Crippen MR) is 91.2 cm³/mol. The van der Waals surface area contributed by atoms with Gasteiger partial charge in [-0.1, -0.05) is 47.1 Å². The van der Waals surface area contributed by atoms with Crippen molar-refractivity contribution < 1.29 is 9.63 Å². The van der Waals surface area contributed by atoms with Crippen LogP contribution in [0.3, 0.4) is 0 Å². The number of phenols is 1. The summed E-state index contributed by atoms with van der Waals surface area (Å²) in [6.07, 6.45) is 1.40. The van der Waals surface area contributed by atoms with Crippen molar-refractivity contribution in [3.8, 4) is 17.0 Å². The smallest absolute Gasteiger partial charge is 0.263 e. The summed E-state index contributed by atoms with van der Waals surface area (Å²) in [6.45, 7) is 2.03. The van der Waals surface area contributed by atoms with E-state index in [0.29, 0.717) is 28.3 Å². The number of benzene rings is 2. The molecule has 0 fully saturated rings. The predicted octanol–water partition coefficient (Wildman–Crippen LogP) is 4.04. The molecule has 0 amide bonds. The van der Waals surface area contributed by atoms with Crippen LogP contribution in [0.4, 0.5) is 11.5 Å². The Morgan fingerprint density at radius 3 is 2.58 bits per heavy atom. The summed E-state index contributed by atoms with van der Waals surface area (Å²) in [5.41, 5.74) is 3.67. The first-order chi connectivity index (χ1) is 11.7. The van der Waals surface area contributed by atoms with Gasteiger partial charge in [0.1, 0.15) is 29.0 Å². The van der Waals surface area contributed by atoms with Crippen molar-refractivity contribution in [1.29, 1.82) is 0 Å². The molecule has 0 spiro atoms. The highest BCUT2D eigenvalue weighted by Crippen LogP contribution is 2.34. The maximum atomic E-state index is 9.97. The molecule has 4 aromatic rings. The molecule has 2 aromatic heterocycles. The van der Waals surface area contributed by atoms with Gasteiger partial charge in [-0.2, -0.15) is 4.98 Å². The number of aromatic hydroxyl groups is 1. The average molecular weight is 318 g/mol. The Balaban J connectivity index is 1.86. The minimum Gasteiger partial charge on any atom is -0.506 e. The molecule has 0 bridgehead atoms. The second-order valence-corrected chi connectivity index (χ2v) is 5.44. The summed E-state index contributed by atoms with van der Waals surface area (Å²) in [5, 5.41) is 17.9. The molecule has 24 heavy (non-hydrogen) atoms. The highest BCUT2D eigenvalue weighted by molar-refractivity contribution is 5.98. The van der Waals surface area contributed by atoms with Gasteiger partial charge in [0.2, 0.25) is 0 Å². The van der Waals surface area contributed by atoms with Gasteiger partial charge in [0, 0.05) is 5.56 Å². The quantitative estimate of drug-likeness (QED) is 0.555. The molecule has 118 valence electrons. The van der Waals surface area contributed by atoms with E-state index < -0.39 is 0 Å². The van der Waals surface area contributed by atoms with Crippen molar-refractivity contribution >= 4 is 22.6 Å². The molecule has 0 unspecified atom stereocenters. The van der Waals surface area contributed by atoms with E-state index >= 15 is 0 Å². The molecule has 2 heterocycles. The molecule has 0 aliphatic heterocycles. The van der Waals surface area contributed by atoms with E-state index in [0.717, 1.165) is 11.1 Å². The van der Waals surface area contributed by atoms with Crippen LogP contribution in [0.2, 0.25) is 0 Å². The van der Waals surface area contributed by atoms with Crippen molar-refractivity contribution in [3.63, 3.8) is 0 Å². The van der Waals surface area contributed by atoms with Gasteiger partial charge in [-0.3, -0.25) is 0 Å².